The van der Waals surface area contributed by atoms with E-state index in [0.717, 1.165) is 29.5 Å². The number of aliphatic hydroxyl groups excluding tert-OH is 2. The second-order valence-corrected chi connectivity index (χ2v) is 7.38. The summed E-state index contributed by atoms with van der Waals surface area (Å²) in [5, 5.41) is 29.0. The van der Waals surface area contributed by atoms with Gasteiger partial charge in [0.25, 0.3) is 0 Å². The molecule has 0 aliphatic heterocycles. The minimum absolute atomic E-state index is 0.0817. The Balaban J connectivity index is 1.68. The molecule has 0 heterocycles. The van der Waals surface area contributed by atoms with Crippen molar-refractivity contribution in [1.82, 2.24) is 0 Å². The maximum atomic E-state index is 12.4. The van der Waals surface area contributed by atoms with Gasteiger partial charge in [-0.05, 0) is 48.8 Å². The molecule has 3 N–H and O–H groups in total. The summed E-state index contributed by atoms with van der Waals surface area (Å²) in [4.78, 5) is 22.9. The molecule has 3 rings (SSSR count). The van der Waals surface area contributed by atoms with Gasteiger partial charge in [0.2, 0.25) is 0 Å². The number of hydrogen-bond donors (Lipinski definition) is 3. The second-order valence-electron chi connectivity index (χ2n) is 7.38. The van der Waals surface area contributed by atoms with Crippen molar-refractivity contribution in [3.8, 4) is 0 Å². The molecule has 0 amide bonds. The Morgan fingerprint density at radius 1 is 1.23 bits per heavy atom. The number of allylic oxidation sites excluding steroid dienone is 2. The topological polar surface area (TPSA) is 94.8 Å². The second kappa shape index (κ2) is 8.14. The van der Waals surface area contributed by atoms with Gasteiger partial charge in [-0.3, -0.25) is 9.59 Å². The van der Waals surface area contributed by atoms with Crippen molar-refractivity contribution in [2.24, 2.45) is 5.92 Å². The molecule has 4 atom stereocenters. The first-order valence-corrected chi connectivity index (χ1v) is 9.35. The smallest absolute Gasteiger partial charge is 0.303 e. The van der Waals surface area contributed by atoms with Crippen LogP contribution >= 0.6 is 0 Å². The maximum Gasteiger partial charge on any atom is 0.303 e. The van der Waals surface area contributed by atoms with Crippen LogP contribution in [0.3, 0.4) is 0 Å². The number of fused-ring (bicyclic) bond motifs is 1. The number of hydrogen-bond acceptors (Lipinski definition) is 4. The molecule has 0 radical (unpaired) electrons. The number of Topliss-reactive ketones (excluding diaryl/α,β-unsaturated/α-hetero) is 1. The van der Waals surface area contributed by atoms with Crippen LogP contribution in [0.1, 0.15) is 67.2 Å². The van der Waals surface area contributed by atoms with Crippen molar-refractivity contribution in [3.63, 3.8) is 0 Å². The summed E-state index contributed by atoms with van der Waals surface area (Å²) in [6, 6.07) is 5.90. The Kier molecular flexibility index (Phi) is 5.89. The molecule has 0 spiro atoms. The zero-order valence-corrected chi connectivity index (χ0v) is 14.8. The zero-order valence-electron chi connectivity index (χ0n) is 14.8. The third kappa shape index (κ3) is 4.05. The Morgan fingerprint density at radius 2 is 2.04 bits per heavy atom. The number of carbonyl (C=O) groups is 2. The molecule has 140 valence electrons. The summed E-state index contributed by atoms with van der Waals surface area (Å²) in [6.45, 7) is 0. The van der Waals surface area contributed by atoms with E-state index in [1.165, 1.54) is 0 Å². The SMILES string of the molecule is O=C(O)CCCC=CC[C@H]1C(=O)C[C@@H](O)[C@@H]1c1ccc2c(c1)CCC2O. The van der Waals surface area contributed by atoms with E-state index < -0.39 is 18.2 Å². The van der Waals surface area contributed by atoms with Gasteiger partial charge in [0.15, 0.2) is 0 Å². The van der Waals surface area contributed by atoms with Gasteiger partial charge in [0, 0.05) is 24.7 Å². The van der Waals surface area contributed by atoms with Gasteiger partial charge < -0.3 is 15.3 Å². The predicted octanol–water partition coefficient (Wildman–Crippen LogP) is 2.90. The van der Waals surface area contributed by atoms with Crippen molar-refractivity contribution in [1.29, 1.82) is 0 Å². The largest absolute Gasteiger partial charge is 0.481 e. The maximum absolute atomic E-state index is 12.4. The van der Waals surface area contributed by atoms with Gasteiger partial charge in [-0.15, -0.1) is 0 Å². The van der Waals surface area contributed by atoms with E-state index in [2.05, 4.69) is 0 Å². The van der Waals surface area contributed by atoms with Crippen LogP contribution < -0.4 is 0 Å². The number of unbranched alkanes of at least 4 members (excludes halogenated alkanes) is 1. The van der Waals surface area contributed by atoms with E-state index in [1.807, 2.05) is 30.4 Å². The van der Waals surface area contributed by atoms with Crippen molar-refractivity contribution < 1.29 is 24.9 Å². The van der Waals surface area contributed by atoms with Crippen LogP contribution in [0.2, 0.25) is 0 Å². The van der Waals surface area contributed by atoms with Crippen molar-refractivity contribution in [3.05, 3.63) is 47.0 Å². The monoisotopic (exact) mass is 358 g/mol. The molecular formula is C21H26O5. The number of benzene rings is 1. The lowest BCUT2D eigenvalue weighted by Crippen LogP contribution is -2.18. The van der Waals surface area contributed by atoms with Crippen molar-refractivity contribution in [2.75, 3.05) is 0 Å². The Labute approximate surface area is 153 Å². The van der Waals surface area contributed by atoms with Crippen LogP contribution in [-0.2, 0) is 16.0 Å². The van der Waals surface area contributed by atoms with Gasteiger partial charge in [-0.25, -0.2) is 0 Å². The molecule has 26 heavy (non-hydrogen) atoms. The van der Waals surface area contributed by atoms with Crippen LogP contribution in [0, 0.1) is 5.92 Å². The minimum Gasteiger partial charge on any atom is -0.481 e. The number of carboxylic acid groups (broad SMARTS) is 1. The fourth-order valence-corrected chi connectivity index (χ4v) is 4.24. The summed E-state index contributed by atoms with van der Waals surface area (Å²) in [5.41, 5.74) is 3.05. The number of rotatable bonds is 7. The fourth-order valence-electron chi connectivity index (χ4n) is 4.24. The van der Waals surface area contributed by atoms with Crippen molar-refractivity contribution in [2.45, 2.75) is 63.1 Å². The van der Waals surface area contributed by atoms with Gasteiger partial charge in [-0.1, -0.05) is 30.4 Å². The number of carboxylic acids is 1. The molecule has 1 aromatic carbocycles. The average molecular weight is 358 g/mol. The number of aliphatic hydroxyl groups is 2. The van der Waals surface area contributed by atoms with Crippen LogP contribution in [0.15, 0.2) is 30.4 Å². The Bertz CT molecular complexity index is 708. The number of ketones is 1. The average Bonchev–Trinajstić information content (AvgIpc) is 3.10. The predicted molar refractivity (Wildman–Crippen MR) is 96.8 cm³/mol. The molecule has 0 aromatic heterocycles. The quantitative estimate of drug-likeness (QED) is 0.515. The molecular weight excluding hydrogens is 332 g/mol. The molecule has 1 fully saturated rings. The van der Waals surface area contributed by atoms with Crippen LogP contribution in [-0.4, -0.2) is 33.2 Å². The van der Waals surface area contributed by atoms with Crippen molar-refractivity contribution >= 4 is 11.8 Å². The van der Waals surface area contributed by atoms with Gasteiger partial charge in [-0.2, -0.15) is 0 Å². The highest BCUT2D eigenvalue weighted by molar-refractivity contribution is 5.85. The highest BCUT2D eigenvalue weighted by atomic mass is 16.4. The van der Waals surface area contributed by atoms with E-state index in [-0.39, 0.29) is 30.5 Å². The van der Waals surface area contributed by atoms with Crippen LogP contribution in [0.5, 0.6) is 0 Å². The molecule has 1 aromatic rings. The number of carbonyl (C=O) groups excluding carboxylic acids is 1. The van der Waals surface area contributed by atoms with E-state index in [9.17, 15) is 19.8 Å². The third-order valence-electron chi connectivity index (χ3n) is 5.59. The number of aryl methyl sites for hydroxylation is 1. The van der Waals surface area contributed by atoms with E-state index in [0.29, 0.717) is 19.3 Å². The lowest BCUT2D eigenvalue weighted by atomic mass is 9.84. The highest BCUT2D eigenvalue weighted by Crippen LogP contribution is 2.42. The Hall–Kier alpha value is -1.98. The first-order chi connectivity index (χ1) is 12.5. The lowest BCUT2D eigenvalue weighted by molar-refractivity contribution is -0.137. The molecule has 5 nitrogen and oxygen atoms in total. The van der Waals surface area contributed by atoms with E-state index in [4.69, 9.17) is 5.11 Å². The zero-order chi connectivity index (χ0) is 18.7. The Morgan fingerprint density at radius 3 is 2.81 bits per heavy atom. The molecule has 1 saturated carbocycles. The number of aliphatic carboxylic acids is 1. The fraction of sp³-hybridized carbons (Fsp3) is 0.524. The van der Waals surface area contributed by atoms with Crippen LogP contribution in [0.25, 0.3) is 0 Å². The standard InChI is InChI=1S/C21H26O5/c22-17-10-8-13-11-14(7-9-15(13)17)21-16(18(23)12-19(21)24)5-3-1-2-4-6-20(25)26/h1,3,7,9,11,16-17,19,21-22,24H,2,4-6,8,10,12H2,(H,25,26)/t16-,17?,19+,21+/m0/s1. The summed E-state index contributed by atoms with van der Waals surface area (Å²) >= 11 is 0. The molecule has 1 unspecified atom stereocenters. The van der Waals surface area contributed by atoms with Gasteiger partial charge >= 0.3 is 5.97 Å². The van der Waals surface area contributed by atoms with E-state index >= 15 is 0 Å². The van der Waals surface area contributed by atoms with Crippen LogP contribution in [0.4, 0.5) is 0 Å². The first kappa shape index (κ1) is 18.8. The molecule has 5 heteroatoms. The first-order valence-electron chi connectivity index (χ1n) is 9.35. The highest BCUT2D eigenvalue weighted by Gasteiger charge is 2.42. The summed E-state index contributed by atoms with van der Waals surface area (Å²) in [6.07, 6.45) is 6.51. The van der Waals surface area contributed by atoms with Gasteiger partial charge in [0.05, 0.1) is 12.2 Å². The summed E-state index contributed by atoms with van der Waals surface area (Å²) < 4.78 is 0. The van der Waals surface area contributed by atoms with E-state index in [1.54, 1.807) is 0 Å². The lowest BCUT2D eigenvalue weighted by Gasteiger charge is -2.21. The molecule has 2 aliphatic rings. The normalized spacial score (nSPS) is 28.0. The molecule has 0 bridgehead atoms. The minimum atomic E-state index is -0.797. The molecule has 2 aliphatic carbocycles. The summed E-state index contributed by atoms with van der Waals surface area (Å²) in [5.74, 6) is -1.17. The summed E-state index contributed by atoms with van der Waals surface area (Å²) in [7, 11) is 0. The molecule has 0 saturated heterocycles. The third-order valence-corrected chi connectivity index (χ3v) is 5.59. The van der Waals surface area contributed by atoms with Gasteiger partial charge in [0.1, 0.15) is 5.78 Å².